The van der Waals surface area contributed by atoms with Crippen molar-refractivity contribution in [3.05, 3.63) is 40.3 Å². The molecule has 4 nitrogen and oxygen atoms in total. The zero-order chi connectivity index (χ0) is 15.7. The van der Waals surface area contributed by atoms with E-state index in [2.05, 4.69) is 5.32 Å². The van der Waals surface area contributed by atoms with E-state index < -0.39 is 0 Å². The van der Waals surface area contributed by atoms with Crippen molar-refractivity contribution in [1.29, 1.82) is 0 Å². The van der Waals surface area contributed by atoms with Crippen LogP contribution in [0.4, 0.5) is 0 Å². The van der Waals surface area contributed by atoms with Crippen LogP contribution in [0.5, 0.6) is 5.75 Å². The summed E-state index contributed by atoms with van der Waals surface area (Å²) in [5.41, 5.74) is 3.63. The summed E-state index contributed by atoms with van der Waals surface area (Å²) >= 11 is 1.56. The molecule has 0 bridgehead atoms. The molecule has 1 aromatic carbocycles. The van der Waals surface area contributed by atoms with E-state index >= 15 is 0 Å². The predicted molar refractivity (Wildman–Crippen MR) is 86.7 cm³/mol. The van der Waals surface area contributed by atoms with Gasteiger partial charge in [0.05, 0.1) is 4.88 Å². The fraction of sp³-hybridized carbons (Fsp3) is 0.294. The lowest BCUT2D eigenvalue weighted by Crippen LogP contribution is -2.24. The van der Waals surface area contributed by atoms with Crippen LogP contribution in [-0.4, -0.2) is 25.3 Å². The van der Waals surface area contributed by atoms with Gasteiger partial charge in [-0.1, -0.05) is 0 Å². The largest absolute Gasteiger partial charge is 0.484 e. The molecular weight excluding hydrogens is 298 g/mol. The molecule has 0 saturated carbocycles. The number of aryl methyl sites for hydroxylation is 2. The smallest absolute Gasteiger partial charge is 0.257 e. The molecule has 3 rings (SSSR count). The minimum absolute atomic E-state index is 0.0218. The Kier molecular flexibility index (Phi) is 3.98. The van der Waals surface area contributed by atoms with Crippen LogP contribution >= 0.6 is 11.3 Å². The van der Waals surface area contributed by atoms with E-state index in [9.17, 15) is 9.59 Å². The topological polar surface area (TPSA) is 55.4 Å². The fourth-order valence-corrected chi connectivity index (χ4v) is 3.76. The van der Waals surface area contributed by atoms with E-state index in [0.717, 1.165) is 17.7 Å². The standard InChI is InChI=1S/C17H17NO3S/c1-10(19)15-8-12-4-3-11-7-13(21-9-16(20)18-2)5-6-14(11)17(12)22-15/h5-8H,3-4,9H2,1-2H3,(H,18,20). The minimum Gasteiger partial charge on any atom is -0.484 e. The molecule has 22 heavy (non-hydrogen) atoms. The van der Waals surface area contributed by atoms with Gasteiger partial charge in [-0.05, 0) is 60.7 Å². The van der Waals surface area contributed by atoms with Gasteiger partial charge in [-0.25, -0.2) is 0 Å². The number of hydrogen-bond acceptors (Lipinski definition) is 4. The zero-order valence-corrected chi connectivity index (χ0v) is 13.4. The number of likely N-dealkylation sites (N-methyl/N-ethyl adjacent to an activating group) is 1. The zero-order valence-electron chi connectivity index (χ0n) is 12.6. The first-order chi connectivity index (χ1) is 10.6. The number of thiophene rings is 1. The molecule has 0 atom stereocenters. The molecule has 0 saturated heterocycles. The number of nitrogens with one attached hydrogen (secondary N) is 1. The van der Waals surface area contributed by atoms with Crippen LogP contribution < -0.4 is 10.1 Å². The quantitative estimate of drug-likeness (QED) is 0.883. The maximum atomic E-state index is 11.6. The first kappa shape index (κ1) is 14.8. The van der Waals surface area contributed by atoms with E-state index in [0.29, 0.717) is 5.75 Å². The summed E-state index contributed by atoms with van der Waals surface area (Å²) in [5, 5.41) is 2.53. The molecule has 0 spiro atoms. The van der Waals surface area contributed by atoms with Gasteiger partial charge in [0, 0.05) is 11.9 Å². The SMILES string of the molecule is CNC(=O)COc1ccc2c(c1)CCc1cc(C(C)=O)sc1-2. The van der Waals surface area contributed by atoms with Gasteiger partial charge in [-0.15, -0.1) is 11.3 Å². The van der Waals surface area contributed by atoms with Crippen molar-refractivity contribution in [2.45, 2.75) is 19.8 Å². The summed E-state index contributed by atoms with van der Waals surface area (Å²) in [6.07, 6.45) is 1.86. The molecule has 1 aromatic heterocycles. The second-order valence-electron chi connectivity index (χ2n) is 5.30. The Bertz CT molecular complexity index is 748. The lowest BCUT2D eigenvalue weighted by atomic mass is 9.91. The van der Waals surface area contributed by atoms with Gasteiger partial charge in [0.25, 0.3) is 5.91 Å². The van der Waals surface area contributed by atoms with Gasteiger partial charge in [0.2, 0.25) is 0 Å². The Morgan fingerprint density at radius 1 is 1.23 bits per heavy atom. The van der Waals surface area contributed by atoms with Crippen LogP contribution in [0.2, 0.25) is 0 Å². The maximum Gasteiger partial charge on any atom is 0.257 e. The number of hydrogen-bond donors (Lipinski definition) is 1. The maximum absolute atomic E-state index is 11.6. The van der Waals surface area contributed by atoms with Crippen molar-refractivity contribution in [2.24, 2.45) is 0 Å². The average molecular weight is 315 g/mol. The molecule has 114 valence electrons. The Hall–Kier alpha value is -2.14. The van der Waals surface area contributed by atoms with Crippen LogP contribution in [0, 0.1) is 0 Å². The van der Waals surface area contributed by atoms with Crippen molar-refractivity contribution < 1.29 is 14.3 Å². The molecule has 2 aromatic rings. The third-order valence-electron chi connectivity index (χ3n) is 3.79. The molecule has 1 aliphatic rings. The number of Topliss-reactive ketones (excluding diaryl/α,β-unsaturated/α-hetero) is 1. The predicted octanol–water partition coefficient (Wildman–Crippen LogP) is 2.84. The minimum atomic E-state index is -0.149. The number of benzene rings is 1. The van der Waals surface area contributed by atoms with Crippen molar-refractivity contribution in [2.75, 3.05) is 13.7 Å². The van der Waals surface area contributed by atoms with Crippen LogP contribution in [0.15, 0.2) is 24.3 Å². The summed E-state index contributed by atoms with van der Waals surface area (Å²) in [4.78, 5) is 24.8. The van der Waals surface area contributed by atoms with Crippen LogP contribution in [-0.2, 0) is 17.6 Å². The lowest BCUT2D eigenvalue weighted by molar-refractivity contribution is -0.122. The molecule has 1 N–H and O–H groups in total. The Morgan fingerprint density at radius 2 is 2.00 bits per heavy atom. The van der Waals surface area contributed by atoms with Crippen LogP contribution in [0.25, 0.3) is 10.4 Å². The Labute approximate surface area is 133 Å². The fourth-order valence-electron chi connectivity index (χ4n) is 2.59. The molecular formula is C17H17NO3S. The van der Waals surface area contributed by atoms with Gasteiger partial charge in [-0.3, -0.25) is 9.59 Å². The number of carbonyl (C=O) groups excluding carboxylic acids is 2. The monoisotopic (exact) mass is 315 g/mol. The van der Waals surface area contributed by atoms with E-state index in [1.54, 1.807) is 25.3 Å². The summed E-state index contributed by atoms with van der Waals surface area (Å²) in [6, 6.07) is 7.91. The molecule has 0 fully saturated rings. The highest BCUT2D eigenvalue weighted by molar-refractivity contribution is 7.17. The van der Waals surface area contributed by atoms with Crippen LogP contribution in [0.1, 0.15) is 27.7 Å². The van der Waals surface area contributed by atoms with Crippen LogP contribution in [0.3, 0.4) is 0 Å². The second kappa shape index (κ2) is 5.93. The van der Waals surface area contributed by atoms with Gasteiger partial charge in [0.1, 0.15) is 5.75 Å². The molecule has 0 aliphatic heterocycles. The van der Waals surface area contributed by atoms with Gasteiger partial charge >= 0.3 is 0 Å². The third-order valence-corrected chi connectivity index (χ3v) is 5.10. The van der Waals surface area contributed by atoms with Crippen molar-refractivity contribution in [1.82, 2.24) is 5.32 Å². The molecule has 1 amide bonds. The summed E-state index contributed by atoms with van der Waals surface area (Å²) in [6.45, 7) is 1.63. The summed E-state index contributed by atoms with van der Waals surface area (Å²) in [5.74, 6) is 0.671. The molecule has 5 heteroatoms. The van der Waals surface area contributed by atoms with Gasteiger partial charge in [0.15, 0.2) is 12.4 Å². The third kappa shape index (κ3) is 2.76. The highest BCUT2D eigenvalue weighted by atomic mass is 32.1. The lowest BCUT2D eigenvalue weighted by Gasteiger charge is -2.17. The van der Waals surface area contributed by atoms with Crippen molar-refractivity contribution in [3.8, 4) is 16.2 Å². The highest BCUT2D eigenvalue weighted by Crippen LogP contribution is 2.40. The number of amides is 1. The first-order valence-corrected chi connectivity index (χ1v) is 8.00. The molecule has 0 radical (unpaired) electrons. The average Bonchev–Trinajstić information content (AvgIpc) is 2.97. The highest BCUT2D eigenvalue weighted by Gasteiger charge is 2.21. The summed E-state index contributed by atoms with van der Waals surface area (Å²) in [7, 11) is 1.59. The van der Waals surface area contributed by atoms with Crippen molar-refractivity contribution in [3.63, 3.8) is 0 Å². The van der Waals surface area contributed by atoms with Gasteiger partial charge < -0.3 is 10.1 Å². The molecule has 1 aliphatic carbocycles. The Balaban J connectivity index is 1.88. The Morgan fingerprint density at radius 3 is 2.73 bits per heavy atom. The number of ketones is 1. The number of ether oxygens (including phenoxy) is 1. The first-order valence-electron chi connectivity index (χ1n) is 7.19. The molecule has 0 unspecified atom stereocenters. The number of fused-ring (bicyclic) bond motifs is 3. The van der Waals surface area contributed by atoms with E-state index in [4.69, 9.17) is 4.74 Å². The summed E-state index contributed by atoms with van der Waals surface area (Å²) < 4.78 is 5.49. The van der Waals surface area contributed by atoms with Gasteiger partial charge in [-0.2, -0.15) is 0 Å². The second-order valence-corrected chi connectivity index (χ2v) is 6.35. The number of carbonyl (C=O) groups is 2. The molecule has 1 heterocycles. The van der Waals surface area contributed by atoms with E-state index in [-0.39, 0.29) is 18.3 Å². The van der Waals surface area contributed by atoms with E-state index in [1.165, 1.54) is 21.6 Å². The van der Waals surface area contributed by atoms with Crippen molar-refractivity contribution >= 4 is 23.0 Å². The normalized spacial score (nSPS) is 12.3. The van der Waals surface area contributed by atoms with E-state index in [1.807, 2.05) is 24.3 Å². The number of rotatable bonds is 4.